The van der Waals surface area contributed by atoms with Gasteiger partial charge in [-0.05, 0) is 19.3 Å². The second-order valence-electron chi connectivity index (χ2n) is 3.67. The third-order valence-electron chi connectivity index (χ3n) is 2.62. The Hall–Kier alpha value is -0.830. The molecule has 14 heavy (non-hydrogen) atoms. The maximum atomic E-state index is 11.3. The first kappa shape index (κ1) is 13.2. The standard InChI is InChI=1S/C11H22N2O/c1-4-7-8-10(14)13-9-11(12,5-2)6-3/h4H,1,5-9,12H2,2-3H3,(H,13,14). The van der Waals surface area contributed by atoms with Gasteiger partial charge in [-0.25, -0.2) is 0 Å². The van der Waals surface area contributed by atoms with E-state index < -0.39 is 0 Å². The van der Waals surface area contributed by atoms with Gasteiger partial charge in [-0.2, -0.15) is 0 Å². The Morgan fingerprint density at radius 2 is 2.07 bits per heavy atom. The van der Waals surface area contributed by atoms with Gasteiger partial charge in [0.1, 0.15) is 0 Å². The van der Waals surface area contributed by atoms with E-state index in [0.717, 1.165) is 19.3 Å². The van der Waals surface area contributed by atoms with Crippen molar-refractivity contribution in [2.45, 2.75) is 45.1 Å². The van der Waals surface area contributed by atoms with E-state index in [2.05, 4.69) is 11.9 Å². The number of rotatable bonds is 7. The van der Waals surface area contributed by atoms with Crippen LogP contribution < -0.4 is 11.1 Å². The molecular formula is C11H22N2O. The van der Waals surface area contributed by atoms with E-state index in [1.807, 2.05) is 13.8 Å². The number of carbonyl (C=O) groups is 1. The summed E-state index contributed by atoms with van der Waals surface area (Å²) in [6, 6.07) is 0. The fourth-order valence-corrected chi connectivity index (χ4v) is 1.10. The van der Waals surface area contributed by atoms with E-state index in [0.29, 0.717) is 13.0 Å². The fraction of sp³-hybridized carbons (Fsp3) is 0.727. The highest BCUT2D eigenvalue weighted by atomic mass is 16.1. The molecule has 0 aromatic rings. The summed E-state index contributed by atoms with van der Waals surface area (Å²) in [5.74, 6) is 0.0571. The third kappa shape index (κ3) is 5.02. The Kier molecular flexibility index (Phi) is 6.21. The van der Waals surface area contributed by atoms with Crippen molar-refractivity contribution in [1.29, 1.82) is 0 Å². The molecule has 0 atom stereocenters. The van der Waals surface area contributed by atoms with Crippen LogP contribution in [0.3, 0.4) is 0 Å². The van der Waals surface area contributed by atoms with Crippen molar-refractivity contribution in [3.8, 4) is 0 Å². The maximum absolute atomic E-state index is 11.3. The minimum absolute atomic E-state index is 0.0571. The SMILES string of the molecule is C=CCCC(=O)NCC(N)(CC)CC. The zero-order valence-corrected chi connectivity index (χ0v) is 9.31. The summed E-state index contributed by atoms with van der Waals surface area (Å²) < 4.78 is 0. The van der Waals surface area contributed by atoms with Crippen LogP contribution in [0.1, 0.15) is 39.5 Å². The highest BCUT2D eigenvalue weighted by Gasteiger charge is 2.20. The topological polar surface area (TPSA) is 55.1 Å². The Balaban J connectivity index is 3.79. The van der Waals surface area contributed by atoms with Crippen molar-refractivity contribution < 1.29 is 4.79 Å². The van der Waals surface area contributed by atoms with E-state index in [-0.39, 0.29) is 11.4 Å². The normalized spacial score (nSPS) is 11.1. The molecule has 82 valence electrons. The third-order valence-corrected chi connectivity index (χ3v) is 2.62. The predicted molar refractivity (Wildman–Crippen MR) is 59.9 cm³/mol. The maximum Gasteiger partial charge on any atom is 0.220 e. The molecule has 0 aliphatic heterocycles. The molecule has 0 radical (unpaired) electrons. The zero-order chi connectivity index (χ0) is 11.0. The average molecular weight is 198 g/mol. The molecule has 0 saturated carbocycles. The number of nitrogens with one attached hydrogen (secondary N) is 1. The summed E-state index contributed by atoms with van der Waals surface area (Å²) in [5, 5.41) is 2.85. The van der Waals surface area contributed by atoms with Crippen LogP contribution in [0.4, 0.5) is 0 Å². The summed E-state index contributed by atoms with van der Waals surface area (Å²) in [7, 11) is 0. The lowest BCUT2D eigenvalue weighted by Crippen LogP contribution is -2.49. The van der Waals surface area contributed by atoms with Crippen LogP contribution in [0.5, 0.6) is 0 Å². The molecule has 0 saturated heterocycles. The molecule has 0 spiro atoms. The predicted octanol–water partition coefficient (Wildman–Crippen LogP) is 1.59. The number of carbonyl (C=O) groups excluding carboxylic acids is 1. The van der Waals surface area contributed by atoms with Crippen LogP contribution in [0.2, 0.25) is 0 Å². The minimum atomic E-state index is -0.246. The van der Waals surface area contributed by atoms with Gasteiger partial charge in [0, 0.05) is 18.5 Å². The summed E-state index contributed by atoms with van der Waals surface area (Å²) >= 11 is 0. The van der Waals surface area contributed by atoms with Gasteiger partial charge < -0.3 is 11.1 Å². The first-order chi connectivity index (χ1) is 6.58. The zero-order valence-electron chi connectivity index (χ0n) is 9.31. The number of amides is 1. The smallest absolute Gasteiger partial charge is 0.220 e. The van der Waals surface area contributed by atoms with Gasteiger partial charge >= 0.3 is 0 Å². The highest BCUT2D eigenvalue weighted by Crippen LogP contribution is 2.09. The molecule has 0 aliphatic carbocycles. The van der Waals surface area contributed by atoms with Crippen LogP contribution in [0, 0.1) is 0 Å². The molecule has 0 aromatic carbocycles. The van der Waals surface area contributed by atoms with Crippen molar-refractivity contribution in [3.05, 3.63) is 12.7 Å². The van der Waals surface area contributed by atoms with Gasteiger partial charge in [-0.1, -0.05) is 19.9 Å². The summed E-state index contributed by atoms with van der Waals surface area (Å²) in [5.41, 5.74) is 5.79. The molecule has 0 rings (SSSR count). The molecule has 0 aromatic heterocycles. The number of hydrogen-bond acceptors (Lipinski definition) is 2. The second kappa shape index (κ2) is 6.60. The van der Waals surface area contributed by atoms with Crippen molar-refractivity contribution >= 4 is 5.91 Å². The summed E-state index contributed by atoms with van der Waals surface area (Å²) in [6.07, 6.45) is 4.74. The lowest BCUT2D eigenvalue weighted by Gasteiger charge is -2.26. The van der Waals surface area contributed by atoms with Crippen molar-refractivity contribution in [2.75, 3.05) is 6.54 Å². The van der Waals surface area contributed by atoms with Gasteiger partial charge in [-0.15, -0.1) is 6.58 Å². The first-order valence-corrected chi connectivity index (χ1v) is 5.24. The Morgan fingerprint density at radius 3 is 2.50 bits per heavy atom. The Morgan fingerprint density at radius 1 is 1.50 bits per heavy atom. The minimum Gasteiger partial charge on any atom is -0.354 e. The van der Waals surface area contributed by atoms with E-state index in [1.165, 1.54) is 0 Å². The number of nitrogens with two attached hydrogens (primary N) is 1. The van der Waals surface area contributed by atoms with E-state index in [9.17, 15) is 4.79 Å². The van der Waals surface area contributed by atoms with E-state index in [1.54, 1.807) is 6.08 Å². The Bertz CT molecular complexity index is 186. The molecule has 1 amide bonds. The molecule has 0 unspecified atom stereocenters. The summed E-state index contributed by atoms with van der Waals surface area (Å²) in [4.78, 5) is 11.3. The average Bonchev–Trinajstić information content (AvgIpc) is 2.23. The van der Waals surface area contributed by atoms with Crippen LogP contribution in [0.15, 0.2) is 12.7 Å². The summed E-state index contributed by atoms with van der Waals surface area (Å²) in [6.45, 7) is 8.22. The van der Waals surface area contributed by atoms with Gasteiger partial charge in [0.25, 0.3) is 0 Å². The van der Waals surface area contributed by atoms with Gasteiger partial charge in [0.15, 0.2) is 0 Å². The Labute approximate surface area is 86.8 Å². The molecule has 0 aliphatic rings. The van der Waals surface area contributed by atoms with Crippen LogP contribution in [-0.2, 0) is 4.79 Å². The monoisotopic (exact) mass is 198 g/mol. The quantitative estimate of drug-likeness (QED) is 0.610. The van der Waals surface area contributed by atoms with Crippen molar-refractivity contribution in [2.24, 2.45) is 5.73 Å². The van der Waals surface area contributed by atoms with E-state index >= 15 is 0 Å². The lowest BCUT2D eigenvalue weighted by atomic mass is 9.94. The largest absolute Gasteiger partial charge is 0.354 e. The highest BCUT2D eigenvalue weighted by molar-refractivity contribution is 5.76. The first-order valence-electron chi connectivity index (χ1n) is 5.24. The molecule has 3 nitrogen and oxygen atoms in total. The molecule has 0 heterocycles. The molecule has 3 heteroatoms. The number of allylic oxidation sites excluding steroid dienone is 1. The van der Waals surface area contributed by atoms with E-state index in [4.69, 9.17) is 5.73 Å². The van der Waals surface area contributed by atoms with Gasteiger partial charge in [0.05, 0.1) is 0 Å². The van der Waals surface area contributed by atoms with Crippen LogP contribution >= 0.6 is 0 Å². The fourth-order valence-electron chi connectivity index (χ4n) is 1.10. The van der Waals surface area contributed by atoms with Crippen LogP contribution in [-0.4, -0.2) is 18.0 Å². The molecule has 0 bridgehead atoms. The van der Waals surface area contributed by atoms with Crippen LogP contribution in [0.25, 0.3) is 0 Å². The molecular weight excluding hydrogens is 176 g/mol. The molecule has 3 N–H and O–H groups in total. The van der Waals surface area contributed by atoms with Gasteiger partial charge in [0.2, 0.25) is 5.91 Å². The second-order valence-corrected chi connectivity index (χ2v) is 3.67. The molecule has 0 fully saturated rings. The van der Waals surface area contributed by atoms with Gasteiger partial charge in [-0.3, -0.25) is 4.79 Å². The lowest BCUT2D eigenvalue weighted by molar-refractivity contribution is -0.121. The van der Waals surface area contributed by atoms with Crippen molar-refractivity contribution in [1.82, 2.24) is 5.32 Å². The van der Waals surface area contributed by atoms with Crippen molar-refractivity contribution in [3.63, 3.8) is 0 Å². The number of hydrogen-bond donors (Lipinski definition) is 2.